The van der Waals surface area contributed by atoms with Gasteiger partial charge in [0.2, 0.25) is 0 Å². The molecule has 2 aromatic rings. The molecule has 0 radical (unpaired) electrons. The molecule has 2 aliphatic rings. The first-order chi connectivity index (χ1) is 11.7. The molecule has 6 heteroatoms. The number of esters is 1. The van der Waals surface area contributed by atoms with Crippen molar-refractivity contribution < 1.29 is 18.8 Å². The third kappa shape index (κ3) is 3.19. The Morgan fingerprint density at radius 2 is 2.04 bits per heavy atom. The maximum Gasteiger partial charge on any atom is 0.338 e. The van der Waals surface area contributed by atoms with Gasteiger partial charge in [-0.3, -0.25) is 0 Å². The zero-order valence-corrected chi connectivity index (χ0v) is 13.6. The van der Waals surface area contributed by atoms with Crippen molar-refractivity contribution >= 4 is 5.97 Å². The molecule has 24 heavy (non-hydrogen) atoms. The van der Waals surface area contributed by atoms with Gasteiger partial charge in [-0.05, 0) is 50.5 Å². The Morgan fingerprint density at radius 3 is 2.71 bits per heavy atom. The number of ether oxygens (including phenoxy) is 2. The molecule has 1 aromatic carbocycles. The predicted molar refractivity (Wildman–Crippen MR) is 85.5 cm³/mol. The van der Waals surface area contributed by atoms with Crippen LogP contribution in [-0.2, 0) is 9.47 Å². The highest BCUT2D eigenvalue weighted by molar-refractivity contribution is 5.90. The van der Waals surface area contributed by atoms with Gasteiger partial charge >= 0.3 is 5.97 Å². The summed E-state index contributed by atoms with van der Waals surface area (Å²) in [5.41, 5.74) is 1.33. The second kappa shape index (κ2) is 6.36. The van der Waals surface area contributed by atoms with Gasteiger partial charge in [-0.15, -0.1) is 0 Å². The Morgan fingerprint density at radius 1 is 1.25 bits per heavy atom. The molecule has 1 aliphatic heterocycles. The van der Waals surface area contributed by atoms with Gasteiger partial charge in [-0.2, -0.15) is 4.98 Å². The summed E-state index contributed by atoms with van der Waals surface area (Å²) in [5, 5.41) is 4.01. The molecule has 1 aromatic heterocycles. The van der Waals surface area contributed by atoms with Crippen LogP contribution in [0.15, 0.2) is 28.8 Å². The van der Waals surface area contributed by atoms with E-state index in [2.05, 4.69) is 10.1 Å². The molecule has 2 heterocycles. The van der Waals surface area contributed by atoms with Crippen LogP contribution in [0.5, 0.6) is 0 Å². The van der Waals surface area contributed by atoms with E-state index in [1.54, 1.807) is 12.1 Å². The van der Waals surface area contributed by atoms with Gasteiger partial charge in [-0.25, -0.2) is 4.79 Å². The molecule has 2 atom stereocenters. The number of hydrogen-bond donors (Lipinski definition) is 0. The lowest BCUT2D eigenvalue weighted by Gasteiger charge is -2.18. The Kier molecular flexibility index (Phi) is 4.06. The molecular weight excluding hydrogens is 308 g/mol. The second-order valence-electron chi connectivity index (χ2n) is 6.54. The smallest absolute Gasteiger partial charge is 0.338 e. The average molecular weight is 328 g/mol. The normalized spacial score (nSPS) is 21.6. The SMILES string of the molecule is C[C@@H](OC(=O)c1ccc(-c2nc(C3CC3)no2)cc1)[C@@H]1CCOC1. The van der Waals surface area contributed by atoms with Crippen molar-refractivity contribution in [2.45, 2.75) is 38.2 Å². The lowest BCUT2D eigenvalue weighted by molar-refractivity contribution is 0.0180. The summed E-state index contributed by atoms with van der Waals surface area (Å²) in [6.45, 7) is 3.33. The third-order valence-electron chi connectivity index (χ3n) is 4.67. The van der Waals surface area contributed by atoms with Crippen LogP contribution in [0.25, 0.3) is 11.5 Å². The van der Waals surface area contributed by atoms with Gasteiger partial charge < -0.3 is 14.0 Å². The molecule has 0 bridgehead atoms. The third-order valence-corrected chi connectivity index (χ3v) is 4.67. The first kappa shape index (κ1) is 15.3. The van der Waals surface area contributed by atoms with E-state index in [4.69, 9.17) is 14.0 Å². The summed E-state index contributed by atoms with van der Waals surface area (Å²) < 4.78 is 16.2. The van der Waals surface area contributed by atoms with Crippen LogP contribution in [0.1, 0.15) is 48.3 Å². The van der Waals surface area contributed by atoms with Crippen molar-refractivity contribution in [3.63, 3.8) is 0 Å². The minimum Gasteiger partial charge on any atom is -0.459 e. The van der Waals surface area contributed by atoms with Crippen molar-refractivity contribution in [1.82, 2.24) is 10.1 Å². The maximum atomic E-state index is 12.2. The Bertz CT molecular complexity index is 715. The van der Waals surface area contributed by atoms with Crippen LogP contribution in [0.3, 0.4) is 0 Å². The van der Waals surface area contributed by atoms with Crippen molar-refractivity contribution in [1.29, 1.82) is 0 Å². The highest BCUT2D eigenvalue weighted by Gasteiger charge is 2.29. The number of aromatic nitrogens is 2. The minimum absolute atomic E-state index is 0.142. The predicted octanol–water partition coefficient (Wildman–Crippen LogP) is 3.20. The number of rotatable bonds is 5. The van der Waals surface area contributed by atoms with E-state index < -0.39 is 0 Å². The summed E-state index contributed by atoms with van der Waals surface area (Å²) in [6.07, 6.45) is 3.06. The highest BCUT2D eigenvalue weighted by Crippen LogP contribution is 2.38. The lowest BCUT2D eigenvalue weighted by Crippen LogP contribution is -2.24. The second-order valence-corrected chi connectivity index (χ2v) is 6.54. The monoisotopic (exact) mass is 328 g/mol. The van der Waals surface area contributed by atoms with Crippen molar-refractivity contribution in [2.24, 2.45) is 5.92 Å². The minimum atomic E-state index is -0.315. The maximum absolute atomic E-state index is 12.2. The summed E-state index contributed by atoms with van der Waals surface area (Å²) in [6, 6.07) is 7.08. The fraction of sp³-hybridized carbons (Fsp3) is 0.500. The molecule has 4 rings (SSSR count). The van der Waals surface area contributed by atoms with Crippen LogP contribution >= 0.6 is 0 Å². The van der Waals surface area contributed by atoms with Gasteiger partial charge in [0.25, 0.3) is 5.89 Å². The van der Waals surface area contributed by atoms with E-state index >= 15 is 0 Å². The molecule has 0 spiro atoms. The number of hydrogen-bond acceptors (Lipinski definition) is 6. The summed E-state index contributed by atoms with van der Waals surface area (Å²) in [4.78, 5) is 16.7. The van der Waals surface area contributed by atoms with E-state index in [0.29, 0.717) is 24.0 Å². The molecule has 126 valence electrons. The van der Waals surface area contributed by atoms with Crippen LogP contribution < -0.4 is 0 Å². The number of carbonyl (C=O) groups is 1. The van der Waals surface area contributed by atoms with Crippen LogP contribution in [0.2, 0.25) is 0 Å². The molecule has 2 fully saturated rings. The first-order valence-electron chi connectivity index (χ1n) is 8.43. The molecule has 6 nitrogen and oxygen atoms in total. The van der Waals surface area contributed by atoms with Crippen LogP contribution in [-0.4, -0.2) is 35.4 Å². The topological polar surface area (TPSA) is 74.5 Å². The van der Waals surface area contributed by atoms with E-state index in [1.807, 2.05) is 19.1 Å². The highest BCUT2D eigenvalue weighted by atomic mass is 16.5. The zero-order chi connectivity index (χ0) is 16.5. The molecule has 0 amide bonds. The summed E-state index contributed by atoms with van der Waals surface area (Å²) in [7, 11) is 0. The Labute approximate surface area is 140 Å². The Hall–Kier alpha value is -2.21. The van der Waals surface area contributed by atoms with E-state index in [9.17, 15) is 4.79 Å². The molecule has 1 aliphatic carbocycles. The van der Waals surface area contributed by atoms with E-state index in [-0.39, 0.29) is 18.0 Å². The largest absolute Gasteiger partial charge is 0.459 e. The molecule has 1 saturated carbocycles. The van der Waals surface area contributed by atoms with E-state index in [1.165, 1.54) is 0 Å². The molecule has 1 saturated heterocycles. The molecular formula is C18H20N2O4. The van der Waals surface area contributed by atoms with Gasteiger partial charge in [0.1, 0.15) is 6.10 Å². The van der Waals surface area contributed by atoms with Crippen LogP contribution in [0, 0.1) is 5.92 Å². The average Bonchev–Trinajstić information content (AvgIpc) is 3.12. The number of nitrogens with zero attached hydrogens (tertiary/aromatic N) is 2. The lowest BCUT2D eigenvalue weighted by atomic mass is 10.0. The summed E-state index contributed by atoms with van der Waals surface area (Å²) in [5.74, 6) is 1.70. The van der Waals surface area contributed by atoms with Gasteiger partial charge in [0, 0.05) is 24.0 Å². The van der Waals surface area contributed by atoms with Gasteiger partial charge in [-0.1, -0.05) is 5.16 Å². The van der Waals surface area contributed by atoms with Crippen molar-refractivity contribution in [3.05, 3.63) is 35.7 Å². The number of benzene rings is 1. The molecule has 0 N–H and O–H groups in total. The fourth-order valence-electron chi connectivity index (χ4n) is 2.86. The van der Waals surface area contributed by atoms with Crippen LogP contribution in [0.4, 0.5) is 0 Å². The standard InChI is InChI=1S/C18H20N2O4/c1-11(15-8-9-22-10-15)23-18(21)14-6-4-13(5-7-14)17-19-16(20-24-17)12-2-3-12/h4-7,11-12,15H,2-3,8-10H2,1H3/t11-,15-/m1/s1. The van der Waals surface area contributed by atoms with E-state index in [0.717, 1.165) is 37.3 Å². The molecule has 0 unspecified atom stereocenters. The summed E-state index contributed by atoms with van der Waals surface area (Å²) >= 11 is 0. The van der Waals surface area contributed by atoms with Crippen molar-refractivity contribution in [2.75, 3.05) is 13.2 Å². The first-order valence-corrected chi connectivity index (χ1v) is 8.43. The van der Waals surface area contributed by atoms with Crippen molar-refractivity contribution in [3.8, 4) is 11.5 Å². The van der Waals surface area contributed by atoms with Gasteiger partial charge in [0.05, 0.1) is 12.2 Å². The quantitative estimate of drug-likeness (QED) is 0.785. The zero-order valence-electron chi connectivity index (χ0n) is 13.6. The Balaban J connectivity index is 1.41. The van der Waals surface area contributed by atoms with Gasteiger partial charge in [0.15, 0.2) is 5.82 Å². The number of carbonyl (C=O) groups excluding carboxylic acids is 1. The fourth-order valence-corrected chi connectivity index (χ4v) is 2.86.